The third-order valence-electron chi connectivity index (χ3n) is 2.67. The molecule has 0 saturated carbocycles. The number of methoxy groups -OCH3 is 1. The number of benzene rings is 2. The lowest BCUT2D eigenvalue weighted by molar-refractivity contribution is -0.115. The highest BCUT2D eigenvalue weighted by atomic mass is 127. The van der Waals surface area contributed by atoms with Gasteiger partial charge in [0.05, 0.1) is 19.2 Å². The van der Waals surface area contributed by atoms with Crippen LogP contribution in [0.3, 0.4) is 0 Å². The van der Waals surface area contributed by atoms with Crippen LogP contribution in [0.2, 0.25) is 0 Å². The fourth-order valence-electron chi connectivity index (χ4n) is 1.69. The number of amides is 1. The zero-order chi connectivity index (χ0) is 13.7. The van der Waals surface area contributed by atoms with Crippen molar-refractivity contribution in [2.75, 3.05) is 12.4 Å². The largest absolute Gasteiger partial charge is 0.497 e. The fraction of sp³-hybridized carbons (Fsp3) is 0.133. The molecule has 98 valence electrons. The second-order valence-electron chi connectivity index (χ2n) is 4.05. The zero-order valence-electron chi connectivity index (χ0n) is 10.5. The molecule has 0 unspecified atom stereocenters. The molecular weight excluding hydrogens is 353 g/mol. The highest BCUT2D eigenvalue weighted by Crippen LogP contribution is 2.17. The first kappa shape index (κ1) is 13.9. The van der Waals surface area contributed by atoms with Gasteiger partial charge in [-0.05, 0) is 52.4 Å². The molecule has 2 aromatic carbocycles. The maximum Gasteiger partial charge on any atom is 0.228 e. The van der Waals surface area contributed by atoms with Crippen molar-refractivity contribution < 1.29 is 9.53 Å². The van der Waals surface area contributed by atoms with Gasteiger partial charge in [0.25, 0.3) is 0 Å². The van der Waals surface area contributed by atoms with Crippen molar-refractivity contribution in [3.8, 4) is 5.75 Å². The average Bonchev–Trinajstić information content (AvgIpc) is 2.42. The summed E-state index contributed by atoms with van der Waals surface area (Å²) in [6, 6.07) is 15.2. The molecule has 0 bridgehead atoms. The second kappa shape index (κ2) is 6.56. The molecule has 0 saturated heterocycles. The molecule has 2 aromatic rings. The van der Waals surface area contributed by atoms with E-state index in [1.165, 1.54) is 0 Å². The van der Waals surface area contributed by atoms with E-state index < -0.39 is 0 Å². The Labute approximate surface area is 126 Å². The smallest absolute Gasteiger partial charge is 0.228 e. The van der Waals surface area contributed by atoms with Crippen molar-refractivity contribution >= 4 is 34.2 Å². The number of carbonyl (C=O) groups is 1. The maximum absolute atomic E-state index is 11.9. The van der Waals surface area contributed by atoms with Gasteiger partial charge in [0.2, 0.25) is 5.91 Å². The molecule has 0 radical (unpaired) electrons. The highest BCUT2D eigenvalue weighted by molar-refractivity contribution is 14.1. The molecule has 3 nitrogen and oxygen atoms in total. The van der Waals surface area contributed by atoms with E-state index in [0.29, 0.717) is 6.42 Å². The molecule has 0 heterocycles. The van der Waals surface area contributed by atoms with Gasteiger partial charge in [0.15, 0.2) is 0 Å². The Morgan fingerprint density at radius 2 is 1.84 bits per heavy atom. The number of halogens is 1. The molecular formula is C15H14INO2. The Balaban J connectivity index is 1.99. The van der Waals surface area contributed by atoms with E-state index in [1.807, 2.05) is 48.5 Å². The van der Waals surface area contributed by atoms with E-state index in [1.54, 1.807) is 7.11 Å². The molecule has 19 heavy (non-hydrogen) atoms. The number of ether oxygens (including phenoxy) is 1. The Kier molecular flexibility index (Phi) is 4.79. The van der Waals surface area contributed by atoms with Crippen LogP contribution in [0, 0.1) is 3.57 Å². The van der Waals surface area contributed by atoms with Crippen LogP contribution in [0.4, 0.5) is 5.69 Å². The molecule has 0 atom stereocenters. The standard InChI is InChI=1S/C15H14INO2/c1-19-12-8-6-11(7-9-12)10-15(18)17-14-5-3-2-4-13(14)16/h2-9H,10H2,1H3,(H,17,18). The number of anilines is 1. The topological polar surface area (TPSA) is 38.3 Å². The Morgan fingerprint density at radius 3 is 2.47 bits per heavy atom. The van der Waals surface area contributed by atoms with Gasteiger partial charge in [0, 0.05) is 3.57 Å². The lowest BCUT2D eigenvalue weighted by Crippen LogP contribution is -2.15. The third-order valence-corrected chi connectivity index (χ3v) is 3.61. The van der Waals surface area contributed by atoms with Gasteiger partial charge in [0.1, 0.15) is 5.75 Å². The molecule has 0 aliphatic heterocycles. The van der Waals surface area contributed by atoms with Crippen LogP contribution in [0.1, 0.15) is 5.56 Å². The van der Waals surface area contributed by atoms with E-state index in [9.17, 15) is 4.79 Å². The van der Waals surface area contributed by atoms with Crippen molar-refractivity contribution in [3.05, 3.63) is 57.7 Å². The quantitative estimate of drug-likeness (QED) is 0.841. The summed E-state index contributed by atoms with van der Waals surface area (Å²) in [5.74, 6) is 0.774. The van der Waals surface area contributed by atoms with E-state index in [0.717, 1.165) is 20.6 Å². The van der Waals surface area contributed by atoms with Crippen LogP contribution in [-0.2, 0) is 11.2 Å². The van der Waals surface area contributed by atoms with Crippen LogP contribution >= 0.6 is 22.6 Å². The van der Waals surface area contributed by atoms with Crippen LogP contribution in [0.25, 0.3) is 0 Å². The van der Waals surface area contributed by atoms with Crippen LogP contribution < -0.4 is 10.1 Å². The third kappa shape index (κ3) is 3.96. The maximum atomic E-state index is 11.9. The number of para-hydroxylation sites is 1. The van der Waals surface area contributed by atoms with E-state index in [-0.39, 0.29) is 5.91 Å². The highest BCUT2D eigenvalue weighted by Gasteiger charge is 2.06. The van der Waals surface area contributed by atoms with E-state index in [4.69, 9.17) is 4.74 Å². The predicted molar refractivity (Wildman–Crippen MR) is 84.5 cm³/mol. The van der Waals surface area contributed by atoms with Crippen molar-refractivity contribution in [3.63, 3.8) is 0 Å². The summed E-state index contributed by atoms with van der Waals surface area (Å²) in [6.07, 6.45) is 0.356. The summed E-state index contributed by atoms with van der Waals surface area (Å²) in [6.45, 7) is 0. The summed E-state index contributed by atoms with van der Waals surface area (Å²) in [4.78, 5) is 11.9. The minimum Gasteiger partial charge on any atom is -0.497 e. The Hall–Kier alpha value is -1.56. The van der Waals surface area contributed by atoms with Gasteiger partial charge in [-0.1, -0.05) is 24.3 Å². The minimum absolute atomic E-state index is 0.0192. The van der Waals surface area contributed by atoms with Gasteiger partial charge in [-0.2, -0.15) is 0 Å². The molecule has 4 heteroatoms. The summed E-state index contributed by atoms with van der Waals surface area (Å²) in [5.41, 5.74) is 1.81. The predicted octanol–water partition coefficient (Wildman–Crippen LogP) is 3.48. The minimum atomic E-state index is -0.0192. The van der Waals surface area contributed by atoms with Crippen molar-refractivity contribution in [2.45, 2.75) is 6.42 Å². The van der Waals surface area contributed by atoms with E-state index in [2.05, 4.69) is 27.9 Å². The summed E-state index contributed by atoms with van der Waals surface area (Å²) in [5, 5.41) is 2.91. The number of hydrogen-bond donors (Lipinski definition) is 1. The molecule has 2 rings (SSSR count). The Morgan fingerprint density at radius 1 is 1.16 bits per heavy atom. The first-order valence-electron chi connectivity index (χ1n) is 5.86. The van der Waals surface area contributed by atoms with Crippen molar-refractivity contribution in [1.82, 2.24) is 0 Å². The van der Waals surface area contributed by atoms with Crippen LogP contribution in [0.15, 0.2) is 48.5 Å². The average molecular weight is 367 g/mol. The molecule has 1 amide bonds. The lowest BCUT2D eigenvalue weighted by atomic mass is 10.1. The van der Waals surface area contributed by atoms with Gasteiger partial charge in [-0.3, -0.25) is 4.79 Å². The monoisotopic (exact) mass is 367 g/mol. The summed E-state index contributed by atoms with van der Waals surface area (Å²) < 4.78 is 6.11. The lowest BCUT2D eigenvalue weighted by Gasteiger charge is -2.07. The van der Waals surface area contributed by atoms with Gasteiger partial charge in [-0.15, -0.1) is 0 Å². The number of nitrogens with one attached hydrogen (secondary N) is 1. The molecule has 0 spiro atoms. The normalized spacial score (nSPS) is 10.0. The number of hydrogen-bond acceptors (Lipinski definition) is 2. The molecule has 0 aromatic heterocycles. The van der Waals surface area contributed by atoms with Crippen molar-refractivity contribution in [1.29, 1.82) is 0 Å². The number of carbonyl (C=O) groups excluding carboxylic acids is 1. The van der Waals surface area contributed by atoms with E-state index >= 15 is 0 Å². The SMILES string of the molecule is COc1ccc(CC(=O)Nc2ccccc2I)cc1. The molecule has 0 fully saturated rings. The first-order valence-corrected chi connectivity index (χ1v) is 6.94. The first-order chi connectivity index (χ1) is 9.19. The summed E-state index contributed by atoms with van der Waals surface area (Å²) >= 11 is 2.20. The zero-order valence-corrected chi connectivity index (χ0v) is 12.7. The van der Waals surface area contributed by atoms with Crippen LogP contribution in [-0.4, -0.2) is 13.0 Å². The van der Waals surface area contributed by atoms with Gasteiger partial charge in [-0.25, -0.2) is 0 Å². The number of rotatable bonds is 4. The molecule has 1 N–H and O–H groups in total. The summed E-state index contributed by atoms with van der Waals surface area (Å²) in [7, 11) is 1.62. The fourth-order valence-corrected chi connectivity index (χ4v) is 2.21. The Bertz CT molecular complexity index is 567. The van der Waals surface area contributed by atoms with Gasteiger partial charge < -0.3 is 10.1 Å². The van der Waals surface area contributed by atoms with Crippen LogP contribution in [0.5, 0.6) is 5.75 Å². The second-order valence-corrected chi connectivity index (χ2v) is 5.22. The van der Waals surface area contributed by atoms with Crippen molar-refractivity contribution in [2.24, 2.45) is 0 Å². The van der Waals surface area contributed by atoms with Gasteiger partial charge >= 0.3 is 0 Å². The molecule has 0 aliphatic carbocycles. The molecule has 0 aliphatic rings.